The second kappa shape index (κ2) is 13.6. The monoisotopic (exact) mass is 650 g/mol. The Balaban J connectivity index is 1.72. The van der Waals surface area contributed by atoms with E-state index in [1.54, 1.807) is 25.5 Å². The molecule has 246 valence electrons. The normalized spacial score (nSPS) is 15.7. The van der Waals surface area contributed by atoms with Gasteiger partial charge in [-0.3, -0.25) is 4.79 Å². The molecular formula is C30H40F2N6O6S. The standard InChI is InChI=1S/C30H40F2N6O6S/c1-18(2)16-22-21(13-14-38(45(6,41)42)29(40)44-30(3,4)5)33-27(34-22)26-23(17-37(36-26)24-12-7-8-15-43-24)35-28(39)25-19(31)10-9-11-20(25)32/h9-11,17-18,24H,7-8,12-16H2,1-6H3,(H,33,34)(H,35,39). The molecule has 0 radical (unpaired) electrons. The highest BCUT2D eigenvalue weighted by molar-refractivity contribution is 7.88. The maximum atomic E-state index is 14.4. The number of hydrogen-bond donors (Lipinski definition) is 2. The molecule has 1 unspecified atom stereocenters. The molecule has 45 heavy (non-hydrogen) atoms. The summed E-state index contributed by atoms with van der Waals surface area (Å²) < 4.78 is 67.3. The largest absolute Gasteiger partial charge is 0.443 e. The van der Waals surface area contributed by atoms with Crippen molar-refractivity contribution in [1.82, 2.24) is 24.1 Å². The van der Waals surface area contributed by atoms with Crippen LogP contribution >= 0.6 is 0 Å². The Bertz CT molecular complexity index is 1620. The third-order valence-corrected chi connectivity index (χ3v) is 8.00. The molecule has 1 aromatic carbocycles. The zero-order valence-corrected chi connectivity index (χ0v) is 27.1. The third-order valence-electron chi connectivity index (χ3n) is 6.87. The van der Waals surface area contributed by atoms with Crippen LogP contribution in [0.2, 0.25) is 0 Å². The van der Waals surface area contributed by atoms with E-state index >= 15 is 0 Å². The molecule has 1 aliphatic rings. The number of rotatable bonds is 10. The summed E-state index contributed by atoms with van der Waals surface area (Å²) in [5, 5.41) is 7.22. The number of ether oxygens (including phenoxy) is 2. The smallest absolute Gasteiger partial charge is 0.424 e. The number of H-pyrrole nitrogens is 1. The lowest BCUT2D eigenvalue weighted by atomic mass is 10.1. The molecule has 3 aromatic rings. The first-order chi connectivity index (χ1) is 21.0. The number of nitrogens with one attached hydrogen (secondary N) is 2. The number of carbonyl (C=O) groups excluding carboxylic acids is 2. The van der Waals surface area contributed by atoms with Crippen LogP contribution in [0, 0.1) is 17.6 Å². The molecule has 1 atom stereocenters. The number of aromatic nitrogens is 4. The van der Waals surface area contributed by atoms with Crippen LogP contribution in [0.3, 0.4) is 0 Å². The summed E-state index contributed by atoms with van der Waals surface area (Å²) in [6.07, 6.45) is 4.09. The highest BCUT2D eigenvalue weighted by atomic mass is 32.2. The molecule has 12 nitrogen and oxygen atoms in total. The van der Waals surface area contributed by atoms with Crippen molar-refractivity contribution in [2.45, 2.75) is 78.6 Å². The zero-order chi connectivity index (χ0) is 33.1. The lowest BCUT2D eigenvalue weighted by Gasteiger charge is -2.25. The molecule has 4 rings (SSSR count). The van der Waals surface area contributed by atoms with Gasteiger partial charge >= 0.3 is 6.09 Å². The van der Waals surface area contributed by atoms with Gasteiger partial charge in [-0.25, -0.2) is 36.0 Å². The fourth-order valence-electron chi connectivity index (χ4n) is 4.89. The topological polar surface area (TPSA) is 149 Å². The number of carbonyl (C=O) groups is 2. The molecule has 1 aliphatic heterocycles. The molecule has 15 heteroatoms. The van der Waals surface area contributed by atoms with Crippen LogP contribution in [-0.4, -0.2) is 69.5 Å². The maximum Gasteiger partial charge on any atom is 0.424 e. The van der Waals surface area contributed by atoms with Gasteiger partial charge in [-0.05, 0) is 64.5 Å². The van der Waals surface area contributed by atoms with Crippen molar-refractivity contribution < 1.29 is 36.3 Å². The Morgan fingerprint density at radius 2 is 1.91 bits per heavy atom. The van der Waals surface area contributed by atoms with E-state index in [0.717, 1.165) is 31.2 Å². The van der Waals surface area contributed by atoms with Crippen molar-refractivity contribution in [3.05, 3.63) is 53.0 Å². The van der Waals surface area contributed by atoms with Crippen LogP contribution in [0.1, 0.15) is 81.9 Å². The number of nitrogens with zero attached hydrogens (tertiary/aromatic N) is 4. The van der Waals surface area contributed by atoms with Crippen LogP contribution in [0.5, 0.6) is 0 Å². The lowest BCUT2D eigenvalue weighted by molar-refractivity contribution is -0.0393. The van der Waals surface area contributed by atoms with Gasteiger partial charge in [-0.2, -0.15) is 5.10 Å². The molecule has 3 heterocycles. The van der Waals surface area contributed by atoms with E-state index in [2.05, 4.69) is 15.4 Å². The Kier molecular flexibility index (Phi) is 10.3. The summed E-state index contributed by atoms with van der Waals surface area (Å²) in [6, 6.07) is 3.15. The molecule has 2 N–H and O–H groups in total. The van der Waals surface area contributed by atoms with Gasteiger partial charge in [0.05, 0.1) is 23.8 Å². The number of anilines is 1. The number of hydrogen-bond acceptors (Lipinski definition) is 8. The van der Waals surface area contributed by atoms with Crippen LogP contribution in [0.4, 0.5) is 19.3 Å². The number of amides is 2. The highest BCUT2D eigenvalue weighted by Gasteiger charge is 2.30. The minimum Gasteiger partial charge on any atom is -0.443 e. The summed E-state index contributed by atoms with van der Waals surface area (Å²) >= 11 is 0. The van der Waals surface area contributed by atoms with Crippen LogP contribution < -0.4 is 5.32 Å². The van der Waals surface area contributed by atoms with Gasteiger partial charge in [0.25, 0.3) is 5.91 Å². The molecule has 2 amide bonds. The molecule has 0 saturated carbocycles. The van der Waals surface area contributed by atoms with Crippen LogP contribution in [0.15, 0.2) is 24.4 Å². The lowest BCUT2D eigenvalue weighted by Crippen LogP contribution is -2.41. The summed E-state index contributed by atoms with van der Waals surface area (Å²) in [5.74, 6) is -2.63. The van der Waals surface area contributed by atoms with Gasteiger partial charge in [0.1, 0.15) is 29.0 Å². The molecule has 0 bridgehead atoms. The van der Waals surface area contributed by atoms with Crippen molar-refractivity contribution >= 4 is 27.7 Å². The quantitative estimate of drug-likeness (QED) is 0.295. The van der Waals surface area contributed by atoms with E-state index in [4.69, 9.17) is 14.5 Å². The number of halogens is 2. The van der Waals surface area contributed by atoms with Gasteiger partial charge in [0.15, 0.2) is 11.5 Å². The van der Waals surface area contributed by atoms with Gasteiger partial charge < -0.3 is 19.8 Å². The average molecular weight is 651 g/mol. The van der Waals surface area contributed by atoms with E-state index in [1.807, 2.05) is 13.8 Å². The predicted molar refractivity (Wildman–Crippen MR) is 163 cm³/mol. The van der Waals surface area contributed by atoms with Crippen LogP contribution in [-0.2, 0) is 32.3 Å². The second-order valence-electron chi connectivity index (χ2n) is 12.4. The maximum absolute atomic E-state index is 14.4. The molecule has 1 saturated heterocycles. The predicted octanol–water partition coefficient (Wildman–Crippen LogP) is 5.44. The van der Waals surface area contributed by atoms with Gasteiger partial charge in [0.2, 0.25) is 10.0 Å². The van der Waals surface area contributed by atoms with Crippen molar-refractivity contribution in [3.8, 4) is 11.5 Å². The molecule has 2 aromatic heterocycles. The molecule has 0 aliphatic carbocycles. The average Bonchev–Trinajstić information content (AvgIpc) is 3.51. The number of imidazole rings is 1. The Morgan fingerprint density at radius 1 is 1.22 bits per heavy atom. The summed E-state index contributed by atoms with van der Waals surface area (Å²) in [4.78, 5) is 33.8. The number of benzene rings is 1. The van der Waals surface area contributed by atoms with E-state index < -0.39 is 51.1 Å². The fourth-order valence-corrected chi connectivity index (χ4v) is 5.62. The Morgan fingerprint density at radius 3 is 2.49 bits per heavy atom. The van der Waals surface area contributed by atoms with E-state index in [-0.39, 0.29) is 36.1 Å². The van der Waals surface area contributed by atoms with E-state index in [0.29, 0.717) is 35.1 Å². The fraction of sp³-hybridized carbons (Fsp3) is 0.533. The first kappa shape index (κ1) is 34.0. The minimum atomic E-state index is -3.97. The zero-order valence-electron chi connectivity index (χ0n) is 26.3. The first-order valence-corrected chi connectivity index (χ1v) is 16.6. The third kappa shape index (κ3) is 8.66. The molecule has 1 fully saturated rings. The first-order valence-electron chi connectivity index (χ1n) is 14.8. The SMILES string of the molecule is CC(C)Cc1[nH]c(-c2nn(C3CCCCO3)cc2NC(=O)c2c(F)cccc2F)nc1CCN(C(=O)OC(C)(C)C)S(C)(=O)=O. The van der Waals surface area contributed by atoms with E-state index in [1.165, 1.54) is 12.3 Å². The van der Waals surface area contributed by atoms with Gasteiger partial charge in [-0.15, -0.1) is 0 Å². The van der Waals surface area contributed by atoms with Gasteiger partial charge in [0, 0.05) is 25.3 Å². The Labute approximate surface area is 261 Å². The second-order valence-corrected chi connectivity index (χ2v) is 14.3. The number of aromatic amines is 1. The Hall–Kier alpha value is -3.85. The summed E-state index contributed by atoms with van der Waals surface area (Å²) in [7, 11) is -3.97. The molecule has 0 spiro atoms. The minimum absolute atomic E-state index is 0.0550. The highest BCUT2D eigenvalue weighted by Crippen LogP contribution is 2.31. The van der Waals surface area contributed by atoms with Crippen molar-refractivity contribution in [2.24, 2.45) is 5.92 Å². The summed E-state index contributed by atoms with van der Waals surface area (Å²) in [6.45, 7) is 9.21. The van der Waals surface area contributed by atoms with Crippen molar-refractivity contribution in [1.29, 1.82) is 0 Å². The van der Waals surface area contributed by atoms with Crippen LogP contribution in [0.25, 0.3) is 11.5 Å². The van der Waals surface area contributed by atoms with Crippen molar-refractivity contribution in [3.63, 3.8) is 0 Å². The molecular weight excluding hydrogens is 610 g/mol. The number of sulfonamides is 1. The van der Waals surface area contributed by atoms with Crippen molar-refractivity contribution in [2.75, 3.05) is 24.7 Å². The summed E-state index contributed by atoms with van der Waals surface area (Å²) in [5.41, 5.74) is -0.156. The van der Waals surface area contributed by atoms with E-state index in [9.17, 15) is 26.8 Å². The van der Waals surface area contributed by atoms with Gasteiger partial charge in [-0.1, -0.05) is 19.9 Å².